The molecule has 184 valence electrons. The van der Waals surface area contributed by atoms with Crippen LogP contribution in [0.25, 0.3) is 0 Å². The maximum Gasteiger partial charge on any atom is 0.353 e. The van der Waals surface area contributed by atoms with E-state index in [0.717, 1.165) is 12.1 Å². The molecule has 0 bridgehead atoms. The third-order valence-electron chi connectivity index (χ3n) is 7.24. The van der Waals surface area contributed by atoms with E-state index in [1.165, 1.54) is 16.7 Å². The van der Waals surface area contributed by atoms with Gasteiger partial charge >= 0.3 is 5.97 Å². The Balaban J connectivity index is 1.38. The molecule has 2 fully saturated rings. The van der Waals surface area contributed by atoms with Gasteiger partial charge in [0.15, 0.2) is 11.9 Å². The molecule has 3 N–H and O–H groups in total. The van der Waals surface area contributed by atoms with Crippen molar-refractivity contribution in [3.63, 3.8) is 0 Å². The fourth-order valence-corrected chi connectivity index (χ4v) is 6.80. The van der Waals surface area contributed by atoms with E-state index in [-0.39, 0.29) is 40.8 Å². The predicted octanol–water partition coefficient (Wildman–Crippen LogP) is 0.129. The Morgan fingerprint density at radius 1 is 1.38 bits per heavy atom. The maximum atomic E-state index is 13.0. The zero-order chi connectivity index (χ0) is 24.7. The van der Waals surface area contributed by atoms with Crippen molar-refractivity contribution in [1.82, 2.24) is 15.1 Å². The SMILES string of the molecule is CC(O)[C@H]1C(=O)N2C(C(=O)O)=C(S[C@@H]3CN[C@H](C(=O)N(C)CCc4cccc[n+]4C)C3)[C@H](C)[C@H]12. The van der Waals surface area contributed by atoms with E-state index >= 15 is 0 Å². The number of aliphatic hydroxyl groups is 1. The van der Waals surface area contributed by atoms with Crippen LogP contribution in [-0.4, -0.2) is 81.4 Å². The standard InChI is InChI=1S/C24H32N4O5S/c1-13-19-18(14(2)29)23(31)28(19)20(24(32)33)21(13)34-16-11-17(25-12-16)22(30)27(4)10-8-15-7-5-6-9-26(15)3/h5-7,9,13-14,16-19,25,29H,8,10-12H2,1-4H3/p+1/t13-,14?,16+,17+,18-,19-/m1/s1. The van der Waals surface area contributed by atoms with Gasteiger partial charge in [-0.25, -0.2) is 9.36 Å². The van der Waals surface area contributed by atoms with Gasteiger partial charge in [-0.05, 0) is 13.3 Å². The number of nitrogens with zero attached hydrogens (tertiary/aromatic N) is 3. The molecule has 0 aromatic carbocycles. The number of aliphatic hydroxyl groups excluding tert-OH is 1. The predicted molar refractivity (Wildman–Crippen MR) is 126 cm³/mol. The van der Waals surface area contributed by atoms with Crippen LogP contribution in [-0.2, 0) is 27.9 Å². The highest BCUT2D eigenvalue weighted by molar-refractivity contribution is 8.03. The number of pyridine rings is 1. The van der Waals surface area contributed by atoms with Gasteiger partial charge in [-0.2, -0.15) is 0 Å². The minimum atomic E-state index is -1.12. The minimum Gasteiger partial charge on any atom is -0.477 e. The highest BCUT2D eigenvalue weighted by Crippen LogP contribution is 2.51. The highest BCUT2D eigenvalue weighted by atomic mass is 32.2. The summed E-state index contributed by atoms with van der Waals surface area (Å²) in [6.07, 6.45) is 2.52. The lowest BCUT2D eigenvalue weighted by atomic mass is 9.79. The number of β-lactam (4-membered cyclic amide) rings is 1. The van der Waals surface area contributed by atoms with Crippen molar-refractivity contribution in [2.45, 2.75) is 50.1 Å². The number of carboxylic acid groups (broad SMARTS) is 1. The van der Waals surface area contributed by atoms with Crippen LogP contribution in [0, 0.1) is 11.8 Å². The number of nitrogens with one attached hydrogen (secondary N) is 1. The zero-order valence-electron chi connectivity index (χ0n) is 20.0. The smallest absolute Gasteiger partial charge is 0.353 e. The third kappa shape index (κ3) is 4.34. The van der Waals surface area contributed by atoms with Crippen molar-refractivity contribution in [2.24, 2.45) is 18.9 Å². The Bertz CT molecular complexity index is 1030. The van der Waals surface area contributed by atoms with Crippen LogP contribution >= 0.6 is 11.8 Å². The van der Waals surface area contributed by atoms with Crippen molar-refractivity contribution in [3.05, 3.63) is 40.7 Å². The van der Waals surface area contributed by atoms with Crippen molar-refractivity contribution >= 4 is 29.5 Å². The number of carboxylic acids is 1. The normalized spacial score (nSPS) is 29.1. The molecule has 9 nitrogen and oxygen atoms in total. The number of hydrogen-bond acceptors (Lipinski definition) is 6. The summed E-state index contributed by atoms with van der Waals surface area (Å²) in [4.78, 5) is 41.3. The van der Waals surface area contributed by atoms with Crippen molar-refractivity contribution < 1.29 is 29.2 Å². The van der Waals surface area contributed by atoms with Crippen LogP contribution in [0.3, 0.4) is 0 Å². The van der Waals surface area contributed by atoms with E-state index in [4.69, 9.17) is 0 Å². The van der Waals surface area contributed by atoms with E-state index in [1.54, 1.807) is 11.8 Å². The van der Waals surface area contributed by atoms with Crippen LogP contribution < -0.4 is 9.88 Å². The van der Waals surface area contributed by atoms with E-state index in [2.05, 4.69) is 5.32 Å². The average Bonchev–Trinajstić information content (AvgIpc) is 3.34. The number of aromatic nitrogens is 1. The Hall–Kier alpha value is -2.43. The molecule has 0 radical (unpaired) electrons. The number of thioether (sulfide) groups is 1. The Kier molecular flexibility index (Phi) is 7.02. The van der Waals surface area contributed by atoms with Gasteiger partial charge in [0.25, 0.3) is 0 Å². The molecular weight excluding hydrogens is 456 g/mol. The second-order valence-corrected chi connectivity index (χ2v) is 10.9. The quantitative estimate of drug-likeness (QED) is 0.351. The third-order valence-corrected chi connectivity index (χ3v) is 8.75. The molecule has 0 aliphatic carbocycles. The lowest BCUT2D eigenvalue weighted by Gasteiger charge is -2.46. The fraction of sp³-hybridized carbons (Fsp3) is 0.583. The molecule has 3 aliphatic heterocycles. The summed E-state index contributed by atoms with van der Waals surface area (Å²) in [7, 11) is 3.80. The fourth-order valence-electron chi connectivity index (χ4n) is 5.32. The minimum absolute atomic E-state index is 0.0277. The van der Waals surface area contributed by atoms with Gasteiger partial charge in [0.05, 0.1) is 30.5 Å². The van der Waals surface area contributed by atoms with Gasteiger partial charge in [-0.15, -0.1) is 11.8 Å². The van der Waals surface area contributed by atoms with E-state index in [9.17, 15) is 24.6 Å². The molecule has 1 unspecified atom stereocenters. The van der Waals surface area contributed by atoms with Crippen LogP contribution in [0.1, 0.15) is 26.0 Å². The van der Waals surface area contributed by atoms with Gasteiger partial charge in [0.1, 0.15) is 12.7 Å². The average molecular weight is 490 g/mol. The van der Waals surface area contributed by atoms with Gasteiger partial charge < -0.3 is 25.3 Å². The number of aliphatic carboxylic acids is 1. The van der Waals surface area contributed by atoms with Crippen LogP contribution in [0.4, 0.5) is 0 Å². The zero-order valence-corrected chi connectivity index (χ0v) is 20.8. The first-order chi connectivity index (χ1) is 16.1. The van der Waals surface area contributed by atoms with E-state index < -0.39 is 18.0 Å². The topological polar surface area (TPSA) is 114 Å². The second-order valence-electron chi connectivity index (χ2n) is 9.52. The molecule has 3 aliphatic rings. The molecule has 2 amide bonds. The Morgan fingerprint density at radius 3 is 2.76 bits per heavy atom. The van der Waals surface area contributed by atoms with Crippen LogP contribution in [0.5, 0.6) is 0 Å². The first-order valence-corrected chi connectivity index (χ1v) is 12.6. The number of likely N-dealkylation sites (N-methyl/N-ethyl adjacent to an activating group) is 1. The molecule has 0 spiro atoms. The second kappa shape index (κ2) is 9.67. The molecule has 1 aromatic rings. The summed E-state index contributed by atoms with van der Waals surface area (Å²) in [6.45, 7) is 4.69. The molecular formula is C24H33N4O5S+. The number of fused-ring (bicyclic) bond motifs is 1. The summed E-state index contributed by atoms with van der Waals surface area (Å²) in [5.41, 5.74) is 1.18. The maximum absolute atomic E-state index is 13.0. The molecule has 4 heterocycles. The molecule has 0 saturated carbocycles. The van der Waals surface area contributed by atoms with Crippen LogP contribution in [0.15, 0.2) is 35.0 Å². The Morgan fingerprint density at radius 2 is 2.12 bits per heavy atom. The van der Waals surface area contributed by atoms with E-state index in [1.807, 2.05) is 50.0 Å². The lowest BCUT2D eigenvalue weighted by molar-refractivity contribution is -0.679. The summed E-state index contributed by atoms with van der Waals surface area (Å²) in [5, 5.41) is 23.2. The number of rotatable bonds is 8. The van der Waals surface area contributed by atoms with Gasteiger partial charge in [-0.3, -0.25) is 9.59 Å². The largest absolute Gasteiger partial charge is 0.477 e. The first-order valence-electron chi connectivity index (χ1n) is 11.7. The first kappa shape index (κ1) is 24.7. The monoisotopic (exact) mass is 489 g/mol. The summed E-state index contributed by atoms with van der Waals surface area (Å²) >= 11 is 1.45. The number of hydrogen-bond donors (Lipinski definition) is 3. The summed E-state index contributed by atoms with van der Waals surface area (Å²) in [5.74, 6) is -2.16. The number of carbonyl (C=O) groups is 3. The van der Waals surface area contributed by atoms with Crippen molar-refractivity contribution in [3.8, 4) is 0 Å². The molecule has 10 heteroatoms. The number of aryl methyl sites for hydroxylation is 1. The molecule has 6 atom stereocenters. The molecule has 1 aromatic heterocycles. The van der Waals surface area contributed by atoms with Crippen LogP contribution in [0.2, 0.25) is 0 Å². The number of carbonyl (C=O) groups excluding carboxylic acids is 2. The van der Waals surface area contributed by atoms with Crippen molar-refractivity contribution in [1.29, 1.82) is 0 Å². The molecule has 2 saturated heterocycles. The van der Waals surface area contributed by atoms with Gasteiger partial charge in [-0.1, -0.05) is 13.0 Å². The van der Waals surface area contributed by atoms with Gasteiger partial charge in [0.2, 0.25) is 11.8 Å². The highest BCUT2D eigenvalue weighted by Gasteiger charge is 2.60. The molecule has 34 heavy (non-hydrogen) atoms. The number of amides is 2. The molecule has 4 rings (SSSR count). The lowest BCUT2D eigenvalue weighted by Crippen LogP contribution is -2.63. The van der Waals surface area contributed by atoms with E-state index in [0.29, 0.717) is 24.4 Å². The van der Waals surface area contributed by atoms with Crippen molar-refractivity contribution in [2.75, 3.05) is 20.1 Å². The van der Waals surface area contributed by atoms with Gasteiger partial charge in [0, 0.05) is 48.3 Å². The summed E-state index contributed by atoms with van der Waals surface area (Å²) < 4.78 is 2.05. The Labute approximate surface area is 203 Å². The summed E-state index contributed by atoms with van der Waals surface area (Å²) in [6, 6.07) is 5.37.